The molecule has 2 fully saturated rings. The van der Waals surface area contributed by atoms with Crippen LogP contribution in [0.25, 0.3) is 0 Å². The fourth-order valence-electron chi connectivity index (χ4n) is 5.24. The highest BCUT2D eigenvalue weighted by Crippen LogP contribution is 2.26. The molecule has 2 aliphatic heterocycles. The molecule has 0 aliphatic carbocycles. The predicted octanol–water partition coefficient (Wildman–Crippen LogP) is 3.01. The maximum absolute atomic E-state index is 12.4. The van der Waals surface area contributed by atoms with E-state index in [0.29, 0.717) is 12.6 Å². The molecule has 35 heavy (non-hydrogen) atoms. The molecule has 0 saturated carbocycles. The van der Waals surface area contributed by atoms with Gasteiger partial charge in [-0.25, -0.2) is 0 Å². The number of esters is 1. The van der Waals surface area contributed by atoms with E-state index in [1.807, 2.05) is 20.8 Å². The fraction of sp³-hybridized carbons (Fsp3) is 0.926. The Hall–Kier alpha value is -1.22. The van der Waals surface area contributed by atoms with Crippen molar-refractivity contribution in [3.8, 4) is 0 Å². The van der Waals surface area contributed by atoms with Crippen LogP contribution in [-0.4, -0.2) is 120 Å². The van der Waals surface area contributed by atoms with E-state index in [-0.39, 0.29) is 17.8 Å². The van der Waals surface area contributed by atoms with Crippen LogP contribution in [0.5, 0.6) is 0 Å². The van der Waals surface area contributed by atoms with E-state index in [9.17, 15) is 14.7 Å². The molecule has 2 aliphatic rings. The lowest BCUT2D eigenvalue weighted by Crippen LogP contribution is -2.49. The maximum Gasteiger partial charge on any atom is 0.320 e. The van der Waals surface area contributed by atoms with Gasteiger partial charge >= 0.3 is 11.9 Å². The second kappa shape index (κ2) is 13.9. The van der Waals surface area contributed by atoms with E-state index in [0.717, 1.165) is 91.1 Å². The van der Waals surface area contributed by atoms with Crippen LogP contribution in [0, 0.1) is 5.41 Å². The predicted molar refractivity (Wildman–Crippen MR) is 141 cm³/mol. The fourth-order valence-corrected chi connectivity index (χ4v) is 5.24. The van der Waals surface area contributed by atoms with Crippen molar-refractivity contribution in [2.24, 2.45) is 5.41 Å². The van der Waals surface area contributed by atoms with Crippen molar-refractivity contribution >= 4 is 11.9 Å². The van der Waals surface area contributed by atoms with Gasteiger partial charge < -0.3 is 19.6 Å². The summed E-state index contributed by atoms with van der Waals surface area (Å²) in [5.74, 6) is -0.836. The Balaban J connectivity index is 2.03. The summed E-state index contributed by atoms with van der Waals surface area (Å²) in [6, 6.07) is 0.304. The maximum atomic E-state index is 12.4. The summed E-state index contributed by atoms with van der Waals surface area (Å²) < 4.78 is 5.57. The van der Waals surface area contributed by atoms with Crippen molar-refractivity contribution in [1.82, 2.24) is 19.6 Å². The smallest absolute Gasteiger partial charge is 0.320 e. The highest BCUT2D eigenvalue weighted by atomic mass is 16.6. The molecule has 0 radical (unpaired) electrons. The van der Waals surface area contributed by atoms with Gasteiger partial charge in [-0.1, -0.05) is 20.8 Å². The van der Waals surface area contributed by atoms with Crippen LogP contribution in [0.1, 0.15) is 73.6 Å². The summed E-state index contributed by atoms with van der Waals surface area (Å²) in [6.45, 7) is 22.8. The van der Waals surface area contributed by atoms with Crippen LogP contribution in [0.2, 0.25) is 0 Å². The molecule has 0 amide bonds. The number of carboxylic acids is 1. The number of ether oxygens (including phenoxy) is 1. The molecule has 2 saturated heterocycles. The number of hydrogen-bond acceptors (Lipinski definition) is 7. The van der Waals surface area contributed by atoms with E-state index >= 15 is 0 Å². The van der Waals surface area contributed by atoms with Crippen LogP contribution in [0.3, 0.4) is 0 Å². The van der Waals surface area contributed by atoms with Crippen LogP contribution >= 0.6 is 0 Å². The van der Waals surface area contributed by atoms with Crippen LogP contribution in [-0.2, 0) is 14.3 Å². The number of nitrogens with zero attached hydrogens (tertiary/aromatic N) is 4. The van der Waals surface area contributed by atoms with Gasteiger partial charge in [0.15, 0.2) is 0 Å². The Morgan fingerprint density at radius 1 is 0.800 bits per heavy atom. The molecule has 0 aromatic heterocycles. The van der Waals surface area contributed by atoms with E-state index < -0.39 is 11.6 Å². The minimum absolute atomic E-state index is 0.138. The molecule has 8 nitrogen and oxygen atoms in total. The van der Waals surface area contributed by atoms with Crippen LogP contribution < -0.4 is 0 Å². The largest absolute Gasteiger partial charge is 0.481 e. The number of hydrogen-bond donors (Lipinski definition) is 1. The number of carbonyl (C=O) groups excluding carboxylic acids is 1. The van der Waals surface area contributed by atoms with Crippen molar-refractivity contribution in [2.75, 3.05) is 72.0 Å². The molecule has 2 rings (SSSR count). The number of carboxylic acid groups (broad SMARTS) is 1. The Morgan fingerprint density at radius 2 is 1.37 bits per heavy atom. The Morgan fingerprint density at radius 3 is 1.94 bits per heavy atom. The third-order valence-corrected chi connectivity index (χ3v) is 6.87. The van der Waals surface area contributed by atoms with Crippen molar-refractivity contribution in [3.63, 3.8) is 0 Å². The van der Waals surface area contributed by atoms with Gasteiger partial charge in [-0.15, -0.1) is 0 Å². The minimum Gasteiger partial charge on any atom is -0.481 e. The summed E-state index contributed by atoms with van der Waals surface area (Å²) >= 11 is 0. The third kappa shape index (κ3) is 13.1. The first kappa shape index (κ1) is 30.0. The average Bonchev–Trinajstić information content (AvgIpc) is 2.71. The minimum atomic E-state index is -0.698. The Kier molecular flexibility index (Phi) is 11.9. The molecule has 204 valence electrons. The molecule has 2 heterocycles. The van der Waals surface area contributed by atoms with Crippen LogP contribution in [0.4, 0.5) is 0 Å². The lowest BCUT2D eigenvalue weighted by Gasteiger charge is -2.39. The molecule has 0 aromatic rings. The quantitative estimate of drug-likeness (QED) is 0.539. The second-order valence-electron chi connectivity index (χ2n) is 12.6. The normalized spacial score (nSPS) is 25.1. The van der Waals surface area contributed by atoms with Gasteiger partial charge in [0.2, 0.25) is 0 Å². The zero-order valence-corrected chi connectivity index (χ0v) is 23.4. The monoisotopic (exact) mass is 496 g/mol. The van der Waals surface area contributed by atoms with Crippen molar-refractivity contribution in [3.05, 3.63) is 0 Å². The zero-order valence-electron chi connectivity index (χ0n) is 23.4. The first-order valence-corrected chi connectivity index (χ1v) is 13.7. The lowest BCUT2D eigenvalue weighted by atomic mass is 9.85. The van der Waals surface area contributed by atoms with Gasteiger partial charge in [-0.05, 0) is 71.5 Å². The molecular formula is C27H52N4O4. The van der Waals surface area contributed by atoms with Crippen molar-refractivity contribution in [2.45, 2.75) is 85.3 Å². The molecule has 0 aromatic carbocycles. The topological polar surface area (TPSA) is 76.6 Å². The van der Waals surface area contributed by atoms with Crippen molar-refractivity contribution in [1.29, 1.82) is 0 Å². The van der Waals surface area contributed by atoms with E-state index in [4.69, 9.17) is 4.74 Å². The van der Waals surface area contributed by atoms with Gasteiger partial charge in [0, 0.05) is 58.3 Å². The molecule has 0 spiro atoms. The first-order valence-electron chi connectivity index (χ1n) is 13.7. The molecule has 1 N–H and O–H groups in total. The highest BCUT2D eigenvalue weighted by molar-refractivity contribution is 5.72. The molecular weight excluding hydrogens is 444 g/mol. The summed E-state index contributed by atoms with van der Waals surface area (Å²) in [4.78, 5) is 33.7. The first-order chi connectivity index (χ1) is 16.3. The number of fused-ring (bicyclic) bond motifs is 3. The molecule has 3 atom stereocenters. The summed E-state index contributed by atoms with van der Waals surface area (Å²) in [6.07, 6.45) is 4.09. The van der Waals surface area contributed by atoms with Crippen molar-refractivity contribution < 1.29 is 19.4 Å². The lowest BCUT2D eigenvalue weighted by molar-refractivity contribution is -0.156. The van der Waals surface area contributed by atoms with Gasteiger partial charge in [0.1, 0.15) is 5.60 Å². The van der Waals surface area contributed by atoms with Gasteiger partial charge in [-0.2, -0.15) is 0 Å². The SMILES string of the molecule is CC(C)(C)CC(CCC(=O)O)N1CCCN2CCN(CCCN(CC(=O)OC(C)(C)C)CC2)CC1. The third-order valence-electron chi connectivity index (χ3n) is 6.87. The number of carbonyl (C=O) groups is 2. The van der Waals surface area contributed by atoms with Crippen LogP contribution in [0.15, 0.2) is 0 Å². The van der Waals surface area contributed by atoms with E-state index in [1.165, 1.54) is 0 Å². The van der Waals surface area contributed by atoms with E-state index in [1.54, 1.807) is 0 Å². The zero-order chi connectivity index (χ0) is 26.1. The number of rotatable bonds is 7. The van der Waals surface area contributed by atoms with Gasteiger partial charge in [-0.3, -0.25) is 19.4 Å². The average molecular weight is 497 g/mol. The van der Waals surface area contributed by atoms with Gasteiger partial charge in [0.25, 0.3) is 0 Å². The van der Waals surface area contributed by atoms with E-state index in [2.05, 4.69) is 40.4 Å². The Labute approximate surface area is 213 Å². The van der Waals surface area contributed by atoms with Gasteiger partial charge in [0.05, 0.1) is 6.54 Å². The molecule has 3 unspecified atom stereocenters. The summed E-state index contributed by atoms with van der Waals surface area (Å²) in [5.41, 5.74) is -0.280. The number of aliphatic carboxylic acids is 1. The molecule has 2 bridgehead atoms. The highest BCUT2D eigenvalue weighted by Gasteiger charge is 2.27. The molecule has 8 heteroatoms. The second-order valence-corrected chi connectivity index (χ2v) is 12.6. The summed E-state index contributed by atoms with van der Waals surface area (Å²) in [7, 11) is 0. The summed E-state index contributed by atoms with van der Waals surface area (Å²) in [5, 5.41) is 9.32. The Bertz CT molecular complexity index is 659. The standard InChI is InChI=1S/C27H52N4O4/c1-26(2,3)21-23(9-10-24(32)33)31-14-8-12-28-15-16-29(19-20-31)11-7-13-30(18-17-28)22-25(34)35-27(4,5)6/h23H,7-22H2,1-6H3,(H,32,33).